The fourth-order valence-electron chi connectivity index (χ4n) is 5.59. The summed E-state index contributed by atoms with van der Waals surface area (Å²) in [6, 6.07) is 17.7. The van der Waals surface area contributed by atoms with Gasteiger partial charge in [0.2, 0.25) is 0 Å². The summed E-state index contributed by atoms with van der Waals surface area (Å²) in [5.74, 6) is 1.13. The molecule has 0 unspecified atom stereocenters. The van der Waals surface area contributed by atoms with Gasteiger partial charge in [-0.2, -0.15) is 0 Å². The molecule has 0 radical (unpaired) electrons. The van der Waals surface area contributed by atoms with Crippen molar-refractivity contribution in [3.05, 3.63) is 71.5 Å². The molecule has 3 nitrogen and oxygen atoms in total. The third-order valence-electron chi connectivity index (χ3n) is 6.73. The van der Waals surface area contributed by atoms with Crippen LogP contribution in [-0.4, -0.2) is 43.4 Å². The van der Waals surface area contributed by atoms with Crippen molar-refractivity contribution < 1.29 is 13.9 Å². The van der Waals surface area contributed by atoms with Gasteiger partial charge in [-0.15, -0.1) is 0 Å². The summed E-state index contributed by atoms with van der Waals surface area (Å²) in [5, 5.41) is 0. The molecule has 3 heterocycles. The predicted molar refractivity (Wildman–Crippen MR) is 102 cm³/mol. The van der Waals surface area contributed by atoms with Crippen LogP contribution in [0.1, 0.15) is 23.5 Å². The number of hydrogen-bond acceptors (Lipinski definition) is 3. The van der Waals surface area contributed by atoms with Gasteiger partial charge in [-0.1, -0.05) is 42.5 Å². The first-order chi connectivity index (χ1) is 13.2. The quantitative estimate of drug-likeness (QED) is 0.819. The zero-order chi connectivity index (χ0) is 18.4. The second-order valence-electron chi connectivity index (χ2n) is 8.24. The Hall–Kier alpha value is -1.75. The number of likely N-dealkylation sites (tertiary alicyclic amines) is 1. The van der Waals surface area contributed by atoms with Crippen molar-refractivity contribution in [1.29, 1.82) is 0 Å². The van der Waals surface area contributed by atoms with Gasteiger partial charge < -0.3 is 9.47 Å². The molecule has 0 aromatic heterocycles. The van der Waals surface area contributed by atoms with Gasteiger partial charge in [-0.3, -0.25) is 4.90 Å². The van der Waals surface area contributed by atoms with E-state index in [4.69, 9.17) is 9.47 Å². The van der Waals surface area contributed by atoms with Crippen LogP contribution in [0.15, 0.2) is 54.6 Å². The fourth-order valence-corrected chi connectivity index (χ4v) is 5.59. The Morgan fingerprint density at radius 1 is 1.04 bits per heavy atom. The summed E-state index contributed by atoms with van der Waals surface area (Å²) < 4.78 is 25.8. The second-order valence-corrected chi connectivity index (χ2v) is 8.24. The van der Waals surface area contributed by atoms with Gasteiger partial charge in [-0.05, 0) is 29.7 Å². The van der Waals surface area contributed by atoms with Crippen molar-refractivity contribution in [1.82, 2.24) is 4.90 Å². The Bertz CT molecular complexity index is 781. The first-order valence-electron chi connectivity index (χ1n) is 9.93. The summed E-state index contributed by atoms with van der Waals surface area (Å²) in [4.78, 5) is 2.54. The van der Waals surface area contributed by atoms with E-state index in [-0.39, 0.29) is 24.1 Å². The van der Waals surface area contributed by atoms with Crippen molar-refractivity contribution >= 4 is 0 Å². The molecule has 0 N–H and O–H groups in total. The minimum atomic E-state index is -0.178. The molecule has 3 fully saturated rings. The smallest absolute Gasteiger partial charge is 0.123 e. The van der Waals surface area contributed by atoms with Crippen molar-refractivity contribution in [2.24, 2.45) is 11.8 Å². The molecule has 2 aromatic carbocycles. The average Bonchev–Trinajstić information content (AvgIpc) is 3.27. The summed E-state index contributed by atoms with van der Waals surface area (Å²) in [6.45, 7) is 3.07. The Balaban J connectivity index is 1.39. The molecule has 27 heavy (non-hydrogen) atoms. The van der Waals surface area contributed by atoms with E-state index in [9.17, 15) is 4.39 Å². The van der Waals surface area contributed by atoms with E-state index >= 15 is 0 Å². The van der Waals surface area contributed by atoms with Gasteiger partial charge in [0.25, 0.3) is 0 Å². The van der Waals surface area contributed by atoms with Gasteiger partial charge in [0, 0.05) is 44.5 Å². The van der Waals surface area contributed by atoms with E-state index in [1.807, 2.05) is 19.2 Å². The number of hydrogen-bond donors (Lipinski definition) is 0. The summed E-state index contributed by atoms with van der Waals surface area (Å²) in [5.41, 5.74) is 2.55. The van der Waals surface area contributed by atoms with E-state index in [2.05, 4.69) is 35.2 Å². The Morgan fingerprint density at radius 2 is 1.78 bits per heavy atom. The molecule has 3 aliphatic heterocycles. The number of methoxy groups -OCH3 is 1. The molecular formula is C23H26FNO2. The largest absolute Gasteiger partial charge is 0.378 e. The van der Waals surface area contributed by atoms with E-state index in [1.54, 1.807) is 12.1 Å². The topological polar surface area (TPSA) is 21.7 Å². The average molecular weight is 367 g/mol. The van der Waals surface area contributed by atoms with Crippen LogP contribution in [0, 0.1) is 17.7 Å². The van der Waals surface area contributed by atoms with E-state index in [0.29, 0.717) is 17.8 Å². The number of halogens is 1. The standard InChI is InChI=1S/C23H26FNO2/c1-26-23-20-14-25(12-15-5-3-2-4-6-15)13-19(20)22-18(11-21(23)27-22)16-7-9-17(24)10-8-16/h2-10,18-23H,11-14H2,1H3/t18-,19+,20-,21+,22-,23+/m1/s1. The van der Waals surface area contributed by atoms with Gasteiger partial charge in [0.1, 0.15) is 5.82 Å². The monoisotopic (exact) mass is 367 g/mol. The molecule has 4 heteroatoms. The summed E-state index contributed by atoms with van der Waals surface area (Å²) in [6.07, 6.45) is 1.48. The van der Waals surface area contributed by atoms with Gasteiger partial charge >= 0.3 is 0 Å². The third-order valence-corrected chi connectivity index (χ3v) is 6.73. The summed E-state index contributed by atoms with van der Waals surface area (Å²) >= 11 is 0. The van der Waals surface area contributed by atoms with Crippen molar-refractivity contribution in [3.63, 3.8) is 0 Å². The van der Waals surface area contributed by atoms with Crippen molar-refractivity contribution in [2.75, 3.05) is 20.2 Å². The van der Waals surface area contributed by atoms with Crippen LogP contribution in [0.5, 0.6) is 0 Å². The lowest BCUT2D eigenvalue weighted by molar-refractivity contribution is -0.139. The third kappa shape index (κ3) is 3.10. The normalized spacial score (nSPS) is 35.3. The van der Waals surface area contributed by atoms with Crippen LogP contribution >= 0.6 is 0 Å². The maximum absolute atomic E-state index is 13.4. The highest BCUT2D eigenvalue weighted by Crippen LogP contribution is 2.51. The molecule has 5 rings (SSSR count). The minimum Gasteiger partial charge on any atom is -0.378 e. The number of rotatable bonds is 4. The van der Waals surface area contributed by atoms with Crippen LogP contribution in [0.3, 0.4) is 0 Å². The fraction of sp³-hybridized carbons (Fsp3) is 0.478. The van der Waals surface area contributed by atoms with E-state index < -0.39 is 0 Å². The highest BCUT2D eigenvalue weighted by molar-refractivity contribution is 5.26. The molecule has 0 saturated carbocycles. The number of benzene rings is 2. The molecule has 2 aromatic rings. The van der Waals surface area contributed by atoms with Crippen LogP contribution < -0.4 is 0 Å². The van der Waals surface area contributed by atoms with E-state index in [0.717, 1.165) is 26.1 Å². The van der Waals surface area contributed by atoms with E-state index in [1.165, 1.54) is 11.1 Å². The molecule has 0 spiro atoms. The molecule has 6 atom stereocenters. The number of fused-ring (bicyclic) bond motifs is 4. The lowest BCUT2D eigenvalue weighted by atomic mass is 9.81. The molecular weight excluding hydrogens is 341 g/mol. The molecule has 0 amide bonds. The Morgan fingerprint density at radius 3 is 2.52 bits per heavy atom. The molecule has 2 bridgehead atoms. The molecule has 3 aliphatic rings. The highest BCUT2D eigenvalue weighted by Gasteiger charge is 2.56. The summed E-state index contributed by atoms with van der Waals surface area (Å²) in [7, 11) is 1.82. The van der Waals surface area contributed by atoms with Crippen molar-refractivity contribution in [3.8, 4) is 0 Å². The Labute approximate surface area is 160 Å². The molecule has 3 saturated heterocycles. The zero-order valence-electron chi connectivity index (χ0n) is 15.6. The predicted octanol–water partition coefficient (Wildman–Crippen LogP) is 3.84. The molecule has 0 aliphatic carbocycles. The zero-order valence-corrected chi connectivity index (χ0v) is 15.6. The van der Waals surface area contributed by atoms with Gasteiger partial charge in [-0.25, -0.2) is 4.39 Å². The van der Waals surface area contributed by atoms with Crippen molar-refractivity contribution in [2.45, 2.75) is 37.2 Å². The second kappa shape index (κ2) is 7.01. The van der Waals surface area contributed by atoms with Crippen LogP contribution in [0.2, 0.25) is 0 Å². The van der Waals surface area contributed by atoms with Crippen LogP contribution in [0.4, 0.5) is 4.39 Å². The maximum atomic E-state index is 13.4. The highest BCUT2D eigenvalue weighted by atomic mass is 19.1. The van der Waals surface area contributed by atoms with Gasteiger partial charge in [0.05, 0.1) is 18.3 Å². The first-order valence-corrected chi connectivity index (χ1v) is 9.93. The maximum Gasteiger partial charge on any atom is 0.123 e. The lowest BCUT2D eigenvalue weighted by Gasteiger charge is -2.38. The first kappa shape index (κ1) is 17.4. The van der Waals surface area contributed by atoms with Gasteiger partial charge in [0.15, 0.2) is 0 Å². The van der Waals surface area contributed by atoms with Crippen LogP contribution in [-0.2, 0) is 16.0 Å². The van der Waals surface area contributed by atoms with Crippen LogP contribution in [0.25, 0.3) is 0 Å². The SMILES string of the molecule is CO[C@H]1[C@@H]2CN(Cc3ccccc3)C[C@@H]2[C@@H]2O[C@H]1C[C@@H]2c1ccc(F)cc1. The molecule has 142 valence electrons. The number of nitrogens with zero attached hydrogens (tertiary/aromatic N) is 1. The number of ether oxygens (including phenoxy) is 2. The Kier molecular flexibility index (Phi) is 4.50. The lowest BCUT2D eigenvalue weighted by Crippen LogP contribution is -2.47. The minimum absolute atomic E-state index is 0.146.